The van der Waals surface area contributed by atoms with Crippen LogP contribution in [0.1, 0.15) is 48.0 Å². The summed E-state index contributed by atoms with van der Waals surface area (Å²) in [6.07, 6.45) is 4.62. The van der Waals surface area contributed by atoms with Crippen LogP contribution in [-0.4, -0.2) is 34.7 Å². The molecule has 3 rings (SSSR count). The van der Waals surface area contributed by atoms with Crippen LogP contribution >= 0.6 is 0 Å². The molecule has 0 bridgehead atoms. The second-order valence-corrected chi connectivity index (χ2v) is 4.67. The second-order valence-electron chi connectivity index (χ2n) is 4.67. The van der Waals surface area contributed by atoms with Crippen molar-refractivity contribution in [1.29, 1.82) is 0 Å². The highest BCUT2D eigenvalue weighted by Gasteiger charge is 2.30. The third-order valence-electron chi connectivity index (χ3n) is 3.27. The summed E-state index contributed by atoms with van der Waals surface area (Å²) in [5.41, 5.74) is 0. The maximum atomic E-state index is 12.0. The lowest BCUT2D eigenvalue weighted by molar-refractivity contribution is -0.120. The Bertz CT molecular complexity index is 452. The Morgan fingerprint density at radius 2 is 2.06 bits per heavy atom. The van der Waals surface area contributed by atoms with Gasteiger partial charge in [-0.25, -0.2) is 4.98 Å². The molecule has 0 radical (unpaired) electrons. The fourth-order valence-corrected chi connectivity index (χ4v) is 2.02. The van der Waals surface area contributed by atoms with Crippen molar-refractivity contribution in [3.05, 3.63) is 17.8 Å². The van der Waals surface area contributed by atoms with Gasteiger partial charge < -0.3 is 9.32 Å². The SMILES string of the molecule is O=C1CCN(C(=O)c2cnc(C3CC3)o2)CC1. The van der Waals surface area contributed by atoms with Crippen LogP contribution in [-0.2, 0) is 4.79 Å². The molecular formula is C12H14N2O3. The fourth-order valence-electron chi connectivity index (χ4n) is 2.02. The Labute approximate surface area is 98.8 Å². The van der Waals surface area contributed by atoms with E-state index in [0.717, 1.165) is 12.8 Å². The molecular weight excluding hydrogens is 220 g/mol. The van der Waals surface area contributed by atoms with Crippen molar-refractivity contribution in [3.8, 4) is 0 Å². The summed E-state index contributed by atoms with van der Waals surface area (Å²) >= 11 is 0. The van der Waals surface area contributed by atoms with E-state index in [1.54, 1.807) is 4.90 Å². The standard InChI is InChI=1S/C12H14N2O3/c15-9-3-5-14(6-4-9)12(16)10-7-13-11(17-10)8-1-2-8/h7-8H,1-6H2. The number of carbonyl (C=O) groups is 2. The van der Waals surface area contributed by atoms with Gasteiger partial charge >= 0.3 is 0 Å². The van der Waals surface area contributed by atoms with Crippen LogP contribution in [0.2, 0.25) is 0 Å². The number of aromatic nitrogens is 1. The van der Waals surface area contributed by atoms with Crippen molar-refractivity contribution in [3.63, 3.8) is 0 Å². The summed E-state index contributed by atoms with van der Waals surface area (Å²) in [4.78, 5) is 28.9. The molecule has 5 heteroatoms. The first-order valence-corrected chi connectivity index (χ1v) is 6.01. The minimum Gasteiger partial charge on any atom is -0.435 e. The number of Topliss-reactive ketones (excluding diaryl/α,β-unsaturated/α-hetero) is 1. The number of ketones is 1. The van der Waals surface area contributed by atoms with Gasteiger partial charge in [0.2, 0.25) is 5.76 Å². The van der Waals surface area contributed by atoms with Crippen LogP contribution < -0.4 is 0 Å². The van der Waals surface area contributed by atoms with Gasteiger partial charge in [-0.05, 0) is 12.8 Å². The van der Waals surface area contributed by atoms with Gasteiger partial charge in [0, 0.05) is 31.8 Å². The van der Waals surface area contributed by atoms with Gasteiger partial charge in [0.25, 0.3) is 5.91 Å². The predicted molar refractivity (Wildman–Crippen MR) is 58.6 cm³/mol. The quantitative estimate of drug-likeness (QED) is 0.775. The van der Waals surface area contributed by atoms with Crippen LogP contribution in [0.15, 0.2) is 10.6 Å². The van der Waals surface area contributed by atoms with Crippen molar-refractivity contribution >= 4 is 11.7 Å². The third-order valence-corrected chi connectivity index (χ3v) is 3.27. The van der Waals surface area contributed by atoms with Gasteiger partial charge in [0.1, 0.15) is 5.78 Å². The van der Waals surface area contributed by atoms with Crippen LogP contribution in [0.4, 0.5) is 0 Å². The summed E-state index contributed by atoms with van der Waals surface area (Å²) in [7, 11) is 0. The third kappa shape index (κ3) is 2.09. The zero-order valence-electron chi connectivity index (χ0n) is 9.52. The van der Waals surface area contributed by atoms with Crippen molar-refractivity contribution in [2.24, 2.45) is 0 Å². The second kappa shape index (κ2) is 3.98. The molecule has 1 aliphatic carbocycles. The fraction of sp³-hybridized carbons (Fsp3) is 0.583. The molecule has 5 nitrogen and oxygen atoms in total. The van der Waals surface area contributed by atoms with Gasteiger partial charge in [0.05, 0.1) is 6.20 Å². The van der Waals surface area contributed by atoms with E-state index in [0.29, 0.717) is 43.5 Å². The van der Waals surface area contributed by atoms with Crippen LogP contribution in [0, 0.1) is 0 Å². The van der Waals surface area contributed by atoms with Gasteiger partial charge in [-0.2, -0.15) is 0 Å². The molecule has 90 valence electrons. The van der Waals surface area contributed by atoms with Crippen molar-refractivity contribution in [2.45, 2.75) is 31.6 Å². The Balaban J connectivity index is 1.69. The van der Waals surface area contributed by atoms with Crippen molar-refractivity contribution in [1.82, 2.24) is 9.88 Å². The minimum absolute atomic E-state index is 0.142. The molecule has 0 unspecified atom stereocenters. The molecule has 0 spiro atoms. The van der Waals surface area contributed by atoms with E-state index in [1.807, 2.05) is 0 Å². The molecule has 2 heterocycles. The van der Waals surface area contributed by atoms with Crippen molar-refractivity contribution in [2.75, 3.05) is 13.1 Å². The Hall–Kier alpha value is -1.65. The molecule has 1 aromatic heterocycles. The maximum Gasteiger partial charge on any atom is 0.291 e. The van der Waals surface area contributed by atoms with Crippen LogP contribution in [0.25, 0.3) is 0 Å². The predicted octanol–water partition coefficient (Wildman–Crippen LogP) is 1.36. The number of rotatable bonds is 2. The first-order chi connectivity index (χ1) is 8.24. The van der Waals surface area contributed by atoms with Gasteiger partial charge in [-0.15, -0.1) is 0 Å². The Morgan fingerprint density at radius 1 is 1.35 bits per heavy atom. The maximum absolute atomic E-state index is 12.0. The monoisotopic (exact) mass is 234 g/mol. The zero-order chi connectivity index (χ0) is 11.8. The normalized spacial score (nSPS) is 20.7. The highest BCUT2D eigenvalue weighted by molar-refractivity contribution is 5.92. The number of piperidine rings is 1. The van der Waals surface area contributed by atoms with Crippen LogP contribution in [0.3, 0.4) is 0 Å². The molecule has 0 aromatic carbocycles. The largest absolute Gasteiger partial charge is 0.435 e. The van der Waals surface area contributed by atoms with Crippen molar-refractivity contribution < 1.29 is 14.0 Å². The lowest BCUT2D eigenvalue weighted by Crippen LogP contribution is -2.38. The molecule has 1 saturated heterocycles. The number of carbonyl (C=O) groups excluding carboxylic acids is 2. The molecule has 17 heavy (non-hydrogen) atoms. The summed E-state index contributed by atoms with van der Waals surface area (Å²) in [5, 5.41) is 0. The van der Waals surface area contributed by atoms with E-state index in [1.165, 1.54) is 6.20 Å². The zero-order valence-corrected chi connectivity index (χ0v) is 9.52. The summed E-state index contributed by atoms with van der Waals surface area (Å²) in [6.45, 7) is 0.994. The molecule has 1 saturated carbocycles. The number of amides is 1. The Kier molecular flexibility index (Phi) is 2.46. The first kappa shape index (κ1) is 10.5. The molecule has 1 aromatic rings. The number of nitrogens with zero attached hydrogens (tertiary/aromatic N) is 2. The number of likely N-dealkylation sites (tertiary alicyclic amines) is 1. The number of oxazole rings is 1. The Morgan fingerprint density at radius 3 is 2.71 bits per heavy atom. The lowest BCUT2D eigenvalue weighted by Gasteiger charge is -2.24. The van der Waals surface area contributed by atoms with E-state index in [-0.39, 0.29) is 11.7 Å². The minimum atomic E-state index is -0.142. The van der Waals surface area contributed by atoms with E-state index >= 15 is 0 Å². The average molecular weight is 234 g/mol. The molecule has 2 aliphatic rings. The van der Waals surface area contributed by atoms with Gasteiger partial charge in [0.15, 0.2) is 5.89 Å². The van der Waals surface area contributed by atoms with E-state index < -0.39 is 0 Å². The smallest absolute Gasteiger partial charge is 0.291 e. The summed E-state index contributed by atoms with van der Waals surface area (Å²) < 4.78 is 5.46. The van der Waals surface area contributed by atoms with Gasteiger partial charge in [-0.1, -0.05) is 0 Å². The molecule has 1 amide bonds. The lowest BCUT2D eigenvalue weighted by atomic mass is 10.1. The molecule has 0 atom stereocenters. The summed E-state index contributed by atoms with van der Waals surface area (Å²) in [6, 6.07) is 0. The molecule has 0 N–H and O–H groups in total. The van der Waals surface area contributed by atoms with Gasteiger partial charge in [-0.3, -0.25) is 9.59 Å². The first-order valence-electron chi connectivity index (χ1n) is 6.01. The number of hydrogen-bond donors (Lipinski definition) is 0. The van der Waals surface area contributed by atoms with E-state index in [9.17, 15) is 9.59 Å². The van der Waals surface area contributed by atoms with Crippen LogP contribution in [0.5, 0.6) is 0 Å². The summed E-state index contributed by atoms with van der Waals surface area (Å²) in [5.74, 6) is 1.49. The van der Waals surface area contributed by atoms with E-state index in [2.05, 4.69) is 4.98 Å². The highest BCUT2D eigenvalue weighted by Crippen LogP contribution is 2.39. The topological polar surface area (TPSA) is 63.4 Å². The molecule has 1 aliphatic heterocycles. The molecule has 2 fully saturated rings. The number of hydrogen-bond acceptors (Lipinski definition) is 4. The highest BCUT2D eigenvalue weighted by atomic mass is 16.4. The average Bonchev–Trinajstić information content (AvgIpc) is 3.07. The van der Waals surface area contributed by atoms with E-state index in [4.69, 9.17) is 4.42 Å².